The molecule has 0 aromatic carbocycles. The van der Waals surface area contributed by atoms with E-state index >= 15 is 0 Å². The molecule has 1 saturated heterocycles. The molecule has 3 unspecified atom stereocenters. The van der Waals surface area contributed by atoms with Crippen LogP contribution in [0.2, 0.25) is 0 Å². The van der Waals surface area contributed by atoms with Crippen LogP contribution in [0.25, 0.3) is 0 Å². The summed E-state index contributed by atoms with van der Waals surface area (Å²) in [4.78, 5) is 17.0. The van der Waals surface area contributed by atoms with E-state index in [1.54, 1.807) is 11.3 Å². The topological polar surface area (TPSA) is 71.5 Å². The number of anilines is 1. The Bertz CT molecular complexity index is 497. The highest BCUT2D eigenvalue weighted by atomic mass is 32.1. The summed E-state index contributed by atoms with van der Waals surface area (Å²) >= 11 is 1.62. The third kappa shape index (κ3) is 2.67. The maximum Gasteiger partial charge on any atom is 0.312 e. The summed E-state index contributed by atoms with van der Waals surface area (Å²) in [5.41, 5.74) is 0.783. The first-order valence-corrected chi connectivity index (χ1v) is 8.03. The van der Waals surface area contributed by atoms with E-state index in [-0.39, 0.29) is 0 Å². The normalized spacial score (nSPS) is 27.1. The summed E-state index contributed by atoms with van der Waals surface area (Å²) in [7, 11) is 0. The molecule has 1 aliphatic carbocycles. The number of aromatic nitrogens is 1. The third-order valence-electron chi connectivity index (χ3n) is 4.28. The molecule has 20 heavy (non-hydrogen) atoms. The van der Waals surface area contributed by atoms with Crippen LogP contribution < -0.4 is 5.32 Å². The van der Waals surface area contributed by atoms with E-state index in [1.807, 2.05) is 0 Å². The number of nitrogens with zero attached hydrogens (tertiary/aromatic N) is 1. The highest BCUT2D eigenvalue weighted by Gasteiger charge is 2.30. The SMILES string of the molecule is CC(Nc1nc2c(s1)CCCC2C(=O)O)C1CCOC1. The molecular weight excluding hydrogens is 276 g/mol. The zero-order valence-electron chi connectivity index (χ0n) is 11.6. The van der Waals surface area contributed by atoms with Crippen LogP contribution in [0.15, 0.2) is 0 Å². The van der Waals surface area contributed by atoms with E-state index in [0.29, 0.717) is 18.4 Å². The summed E-state index contributed by atoms with van der Waals surface area (Å²) in [6.45, 7) is 3.79. The number of nitrogens with one attached hydrogen (secondary N) is 1. The minimum absolute atomic E-state index is 0.313. The molecule has 3 rings (SSSR count). The van der Waals surface area contributed by atoms with Gasteiger partial charge in [-0.15, -0.1) is 11.3 Å². The van der Waals surface area contributed by atoms with Gasteiger partial charge in [0.25, 0.3) is 0 Å². The first-order chi connectivity index (χ1) is 9.65. The molecule has 2 N–H and O–H groups in total. The van der Waals surface area contributed by atoms with Gasteiger partial charge in [-0.3, -0.25) is 4.79 Å². The van der Waals surface area contributed by atoms with Gasteiger partial charge in [0.2, 0.25) is 0 Å². The molecular formula is C14H20N2O3S. The van der Waals surface area contributed by atoms with Crippen LogP contribution in [0.5, 0.6) is 0 Å². The molecule has 1 aromatic heterocycles. The lowest BCUT2D eigenvalue weighted by atomic mass is 9.91. The average Bonchev–Trinajstić information content (AvgIpc) is 3.06. The van der Waals surface area contributed by atoms with Gasteiger partial charge in [0, 0.05) is 23.4 Å². The summed E-state index contributed by atoms with van der Waals surface area (Å²) < 4.78 is 5.41. The van der Waals surface area contributed by atoms with Crippen molar-refractivity contribution >= 4 is 22.4 Å². The fourth-order valence-corrected chi connectivity index (χ4v) is 4.14. The molecule has 2 heterocycles. The predicted molar refractivity (Wildman–Crippen MR) is 77.4 cm³/mol. The third-order valence-corrected chi connectivity index (χ3v) is 5.34. The number of hydrogen-bond donors (Lipinski definition) is 2. The molecule has 1 aliphatic heterocycles. The van der Waals surface area contributed by atoms with Gasteiger partial charge in [-0.05, 0) is 32.6 Å². The fraction of sp³-hybridized carbons (Fsp3) is 0.714. The van der Waals surface area contributed by atoms with Crippen molar-refractivity contribution in [2.24, 2.45) is 5.92 Å². The minimum atomic E-state index is -0.750. The number of hydrogen-bond acceptors (Lipinski definition) is 5. The lowest BCUT2D eigenvalue weighted by molar-refractivity contribution is -0.139. The van der Waals surface area contributed by atoms with Crippen molar-refractivity contribution in [3.63, 3.8) is 0 Å². The lowest BCUT2D eigenvalue weighted by Gasteiger charge is -2.18. The summed E-state index contributed by atoms with van der Waals surface area (Å²) in [5, 5.41) is 13.6. The molecule has 110 valence electrons. The second-order valence-corrected chi connectivity index (χ2v) is 6.75. The molecule has 1 aromatic rings. The Morgan fingerprint density at radius 3 is 3.10 bits per heavy atom. The van der Waals surface area contributed by atoms with E-state index in [2.05, 4.69) is 17.2 Å². The molecule has 5 nitrogen and oxygen atoms in total. The maximum absolute atomic E-state index is 11.3. The van der Waals surface area contributed by atoms with Crippen molar-refractivity contribution in [1.82, 2.24) is 4.98 Å². The maximum atomic E-state index is 11.3. The number of thiazole rings is 1. The van der Waals surface area contributed by atoms with Crippen LogP contribution in [0.3, 0.4) is 0 Å². The van der Waals surface area contributed by atoms with Crippen LogP contribution in [0.4, 0.5) is 5.13 Å². The summed E-state index contributed by atoms with van der Waals surface area (Å²) in [6.07, 6.45) is 3.69. The van der Waals surface area contributed by atoms with E-state index < -0.39 is 11.9 Å². The van der Waals surface area contributed by atoms with Gasteiger partial charge in [0.1, 0.15) is 5.92 Å². The number of aryl methyl sites for hydroxylation is 1. The Morgan fingerprint density at radius 1 is 1.55 bits per heavy atom. The summed E-state index contributed by atoms with van der Waals surface area (Å²) in [6, 6.07) is 0.313. The van der Waals surface area contributed by atoms with Crippen molar-refractivity contribution in [2.45, 2.75) is 44.6 Å². The van der Waals surface area contributed by atoms with Crippen molar-refractivity contribution in [3.8, 4) is 0 Å². The van der Waals surface area contributed by atoms with Gasteiger partial charge in [-0.1, -0.05) is 0 Å². The molecule has 0 radical (unpaired) electrons. The van der Waals surface area contributed by atoms with Crippen LogP contribution in [-0.4, -0.2) is 35.3 Å². The highest BCUT2D eigenvalue weighted by Crippen LogP contribution is 2.37. The number of aliphatic carboxylic acids is 1. The highest BCUT2D eigenvalue weighted by molar-refractivity contribution is 7.15. The average molecular weight is 296 g/mol. The van der Waals surface area contributed by atoms with Gasteiger partial charge in [-0.2, -0.15) is 0 Å². The van der Waals surface area contributed by atoms with E-state index in [4.69, 9.17) is 4.74 Å². The van der Waals surface area contributed by atoms with Crippen LogP contribution >= 0.6 is 11.3 Å². The number of carbonyl (C=O) groups is 1. The second-order valence-electron chi connectivity index (χ2n) is 5.67. The minimum Gasteiger partial charge on any atom is -0.481 e. The van der Waals surface area contributed by atoms with Crippen LogP contribution in [0.1, 0.15) is 42.7 Å². The molecule has 0 bridgehead atoms. The quantitative estimate of drug-likeness (QED) is 0.893. The van der Waals surface area contributed by atoms with Crippen molar-refractivity contribution < 1.29 is 14.6 Å². The molecule has 3 atom stereocenters. The van der Waals surface area contributed by atoms with Crippen molar-refractivity contribution in [2.75, 3.05) is 18.5 Å². The largest absolute Gasteiger partial charge is 0.481 e. The van der Waals surface area contributed by atoms with E-state index in [9.17, 15) is 9.90 Å². The van der Waals surface area contributed by atoms with Crippen molar-refractivity contribution in [1.29, 1.82) is 0 Å². The van der Waals surface area contributed by atoms with Crippen molar-refractivity contribution in [3.05, 3.63) is 10.6 Å². The predicted octanol–water partition coefficient (Wildman–Crippen LogP) is 2.48. The van der Waals surface area contributed by atoms with Crippen LogP contribution in [0, 0.1) is 5.92 Å². The number of rotatable bonds is 4. The molecule has 0 amide bonds. The Balaban J connectivity index is 1.73. The number of carboxylic acid groups (broad SMARTS) is 1. The molecule has 1 fully saturated rings. The Labute approximate surface area is 122 Å². The zero-order valence-corrected chi connectivity index (χ0v) is 12.4. The Morgan fingerprint density at radius 2 is 2.40 bits per heavy atom. The standard InChI is InChI=1S/C14H20N2O3S/c1-8(9-5-6-19-7-9)15-14-16-12-10(13(17)18)3-2-4-11(12)20-14/h8-10H,2-7H2,1H3,(H,15,16)(H,17,18). The van der Waals surface area contributed by atoms with Crippen LogP contribution in [-0.2, 0) is 16.0 Å². The first kappa shape index (κ1) is 13.8. The number of fused-ring (bicyclic) bond motifs is 1. The Hall–Kier alpha value is -1.14. The molecule has 6 heteroatoms. The van der Waals surface area contributed by atoms with E-state index in [0.717, 1.165) is 48.2 Å². The lowest BCUT2D eigenvalue weighted by Crippen LogP contribution is -2.26. The molecule has 2 aliphatic rings. The number of ether oxygens (including phenoxy) is 1. The Kier molecular flexibility index (Phi) is 3.94. The van der Waals surface area contributed by atoms with Gasteiger partial charge in [-0.25, -0.2) is 4.98 Å². The van der Waals surface area contributed by atoms with Gasteiger partial charge in [0.05, 0.1) is 12.3 Å². The van der Waals surface area contributed by atoms with Gasteiger partial charge in [0.15, 0.2) is 5.13 Å². The fourth-order valence-electron chi connectivity index (χ4n) is 2.98. The van der Waals surface area contributed by atoms with E-state index in [1.165, 1.54) is 0 Å². The number of carboxylic acids is 1. The molecule has 0 saturated carbocycles. The smallest absolute Gasteiger partial charge is 0.312 e. The second kappa shape index (κ2) is 5.69. The van der Waals surface area contributed by atoms with Gasteiger partial charge < -0.3 is 15.2 Å². The first-order valence-electron chi connectivity index (χ1n) is 7.22. The van der Waals surface area contributed by atoms with Gasteiger partial charge >= 0.3 is 5.97 Å². The monoisotopic (exact) mass is 296 g/mol. The zero-order chi connectivity index (χ0) is 14.1. The molecule has 0 spiro atoms. The summed E-state index contributed by atoms with van der Waals surface area (Å²) in [5.74, 6) is -0.651.